The maximum absolute atomic E-state index is 10.6. The predicted molar refractivity (Wildman–Crippen MR) is 106 cm³/mol. The first-order valence-corrected chi connectivity index (χ1v) is 10.9. The van der Waals surface area contributed by atoms with E-state index in [1.165, 1.54) is 13.3 Å². The summed E-state index contributed by atoms with van der Waals surface area (Å²) >= 11 is 0. The average Bonchev–Trinajstić information content (AvgIpc) is 2.78. The van der Waals surface area contributed by atoms with Crippen molar-refractivity contribution in [2.24, 2.45) is 5.92 Å². The molecule has 1 aliphatic carbocycles. The molecule has 11 nitrogen and oxygen atoms in total. The molecule has 0 bridgehead atoms. The molecule has 9 atom stereocenters. The van der Waals surface area contributed by atoms with Gasteiger partial charge in [-0.25, -0.2) is 0 Å². The number of ether oxygens (including phenoxy) is 4. The average molecular weight is 455 g/mol. The molecule has 31 heavy (non-hydrogen) atoms. The van der Waals surface area contributed by atoms with Gasteiger partial charge >= 0.3 is 0 Å². The summed E-state index contributed by atoms with van der Waals surface area (Å²) in [5, 5.41) is 69.1. The van der Waals surface area contributed by atoms with Crippen LogP contribution in [-0.2, 0) is 18.9 Å². The lowest BCUT2D eigenvalue weighted by molar-refractivity contribution is -0.342. The quantitative estimate of drug-likeness (QED) is 0.160. The largest absolute Gasteiger partial charge is 0.394 e. The van der Waals surface area contributed by atoms with Crippen LogP contribution in [0.2, 0.25) is 0 Å². The Morgan fingerprint density at radius 2 is 1.65 bits per heavy atom. The van der Waals surface area contributed by atoms with Gasteiger partial charge in [0.15, 0.2) is 12.6 Å². The van der Waals surface area contributed by atoms with Gasteiger partial charge in [-0.1, -0.05) is 19.3 Å². The van der Waals surface area contributed by atoms with Crippen molar-refractivity contribution in [1.29, 1.82) is 0 Å². The molecule has 0 spiro atoms. The van der Waals surface area contributed by atoms with Crippen LogP contribution in [-0.4, -0.2) is 117 Å². The van der Waals surface area contributed by atoms with Crippen LogP contribution >= 0.6 is 0 Å². The fraction of sp³-hybridized carbons (Fsp3) is 1.00. The first kappa shape index (κ1) is 26.8. The van der Waals surface area contributed by atoms with Gasteiger partial charge in [-0.3, -0.25) is 0 Å². The van der Waals surface area contributed by atoms with Crippen molar-refractivity contribution in [2.45, 2.75) is 94.3 Å². The second kappa shape index (κ2) is 13.3. The molecule has 1 heterocycles. The fourth-order valence-electron chi connectivity index (χ4n) is 3.88. The molecule has 0 radical (unpaired) electrons. The van der Waals surface area contributed by atoms with E-state index in [4.69, 9.17) is 18.9 Å². The van der Waals surface area contributed by atoms with Crippen LogP contribution in [0.25, 0.3) is 0 Å². The van der Waals surface area contributed by atoms with Gasteiger partial charge in [-0.15, -0.1) is 0 Å². The maximum atomic E-state index is 10.6. The van der Waals surface area contributed by atoms with Gasteiger partial charge in [0, 0.05) is 0 Å². The van der Waals surface area contributed by atoms with Crippen LogP contribution in [0.15, 0.2) is 0 Å². The van der Waals surface area contributed by atoms with E-state index < -0.39 is 75.1 Å². The molecule has 7 N–H and O–H groups in total. The summed E-state index contributed by atoms with van der Waals surface area (Å²) in [6.07, 6.45) is -6.63. The zero-order valence-electron chi connectivity index (χ0n) is 17.9. The third kappa shape index (κ3) is 7.54. The van der Waals surface area contributed by atoms with Crippen LogP contribution in [0.1, 0.15) is 39.0 Å². The van der Waals surface area contributed by atoms with Crippen molar-refractivity contribution in [3.8, 4) is 0 Å². The number of rotatable bonds is 12. The Bertz CT molecular complexity index is 486. The van der Waals surface area contributed by atoms with Crippen molar-refractivity contribution in [1.82, 2.24) is 0 Å². The van der Waals surface area contributed by atoms with E-state index in [1.54, 1.807) is 0 Å². The Hall–Kier alpha value is -0.440. The Morgan fingerprint density at radius 1 is 0.968 bits per heavy atom. The molecule has 0 aromatic heterocycles. The molecule has 4 unspecified atom stereocenters. The van der Waals surface area contributed by atoms with E-state index >= 15 is 0 Å². The minimum absolute atomic E-state index is 0.344. The van der Waals surface area contributed by atoms with Crippen LogP contribution < -0.4 is 0 Å². The Kier molecular flexibility index (Phi) is 11.5. The second-order valence-electron chi connectivity index (χ2n) is 8.36. The van der Waals surface area contributed by atoms with Crippen molar-refractivity contribution >= 4 is 0 Å². The van der Waals surface area contributed by atoms with Crippen LogP contribution in [0, 0.1) is 5.92 Å². The first-order valence-electron chi connectivity index (χ1n) is 10.9. The molecule has 2 aliphatic rings. The van der Waals surface area contributed by atoms with E-state index in [0.29, 0.717) is 12.5 Å². The summed E-state index contributed by atoms with van der Waals surface area (Å²) in [5.74, 6) is 0.344. The molecule has 11 heteroatoms. The summed E-state index contributed by atoms with van der Waals surface area (Å²) in [4.78, 5) is 0. The van der Waals surface area contributed by atoms with Crippen molar-refractivity contribution in [3.63, 3.8) is 0 Å². The van der Waals surface area contributed by atoms with Crippen molar-refractivity contribution in [2.75, 3.05) is 26.4 Å². The van der Waals surface area contributed by atoms with Gasteiger partial charge in [0.25, 0.3) is 0 Å². The summed E-state index contributed by atoms with van der Waals surface area (Å²) in [6, 6.07) is 0. The Morgan fingerprint density at radius 3 is 2.19 bits per heavy atom. The van der Waals surface area contributed by atoms with Gasteiger partial charge in [0.05, 0.1) is 32.5 Å². The smallest absolute Gasteiger partial charge is 0.186 e. The lowest BCUT2D eigenvalue weighted by Gasteiger charge is -2.43. The summed E-state index contributed by atoms with van der Waals surface area (Å²) in [7, 11) is 0. The van der Waals surface area contributed by atoms with Crippen LogP contribution in [0.4, 0.5) is 0 Å². The molecule has 2 rings (SSSR count). The SMILES string of the molecule is C[C@H](O)C(CO)O[C@H](O[C@@H]1C(CO)O[C@@H](OCC2CCCCC2)C(O)C1O)[C@@H](O)CO. The highest BCUT2D eigenvalue weighted by Crippen LogP contribution is 2.29. The molecule has 184 valence electrons. The van der Waals surface area contributed by atoms with E-state index in [1.807, 2.05) is 0 Å². The van der Waals surface area contributed by atoms with Crippen LogP contribution in [0.3, 0.4) is 0 Å². The summed E-state index contributed by atoms with van der Waals surface area (Å²) < 4.78 is 22.2. The fourth-order valence-corrected chi connectivity index (χ4v) is 3.88. The molecule has 0 aromatic carbocycles. The van der Waals surface area contributed by atoms with Crippen LogP contribution in [0.5, 0.6) is 0 Å². The third-order valence-corrected chi connectivity index (χ3v) is 5.86. The lowest BCUT2D eigenvalue weighted by atomic mass is 9.90. The molecule has 1 aliphatic heterocycles. The molecule has 1 saturated carbocycles. The maximum Gasteiger partial charge on any atom is 0.186 e. The standard InChI is InChI=1S/C20H38O11/c1-11(24)14(8-22)29-19(13(25)7-21)31-18-15(9-23)30-20(17(27)16(18)26)28-10-12-5-3-2-4-6-12/h11-27H,2-10H2,1H3/t11-,13-,14?,15?,16?,17?,18+,19+,20+/m0/s1. The number of aliphatic hydroxyl groups excluding tert-OH is 7. The third-order valence-electron chi connectivity index (χ3n) is 5.86. The number of aliphatic hydroxyl groups is 7. The van der Waals surface area contributed by atoms with E-state index in [2.05, 4.69) is 0 Å². The van der Waals surface area contributed by atoms with Gasteiger partial charge in [0.2, 0.25) is 0 Å². The van der Waals surface area contributed by atoms with Crippen molar-refractivity contribution in [3.05, 3.63) is 0 Å². The highest BCUT2D eigenvalue weighted by molar-refractivity contribution is 4.91. The highest BCUT2D eigenvalue weighted by atomic mass is 16.7. The van der Waals surface area contributed by atoms with E-state index in [0.717, 1.165) is 25.7 Å². The van der Waals surface area contributed by atoms with Gasteiger partial charge in [-0.05, 0) is 25.7 Å². The monoisotopic (exact) mass is 454 g/mol. The van der Waals surface area contributed by atoms with Gasteiger partial charge < -0.3 is 54.7 Å². The molecular weight excluding hydrogens is 416 g/mol. The topological polar surface area (TPSA) is 179 Å². The van der Waals surface area contributed by atoms with Gasteiger partial charge in [0.1, 0.15) is 36.6 Å². The van der Waals surface area contributed by atoms with E-state index in [9.17, 15) is 35.7 Å². The number of hydrogen-bond donors (Lipinski definition) is 7. The highest BCUT2D eigenvalue weighted by Gasteiger charge is 2.47. The zero-order chi connectivity index (χ0) is 23.0. The van der Waals surface area contributed by atoms with Gasteiger partial charge in [-0.2, -0.15) is 0 Å². The molecule has 0 amide bonds. The minimum atomic E-state index is -1.59. The molecule has 0 aromatic rings. The first-order chi connectivity index (χ1) is 14.8. The normalized spacial score (nSPS) is 34.3. The Balaban J connectivity index is 2.03. The molecular formula is C20H38O11. The molecule has 1 saturated heterocycles. The van der Waals surface area contributed by atoms with Crippen molar-refractivity contribution < 1.29 is 54.7 Å². The second-order valence-corrected chi connectivity index (χ2v) is 8.36. The predicted octanol–water partition coefficient (Wildman–Crippen LogP) is -2.15. The lowest BCUT2D eigenvalue weighted by Crippen LogP contribution is -2.62. The Labute approximate surface area is 182 Å². The molecule has 2 fully saturated rings. The number of hydrogen-bond acceptors (Lipinski definition) is 11. The van der Waals surface area contributed by atoms with E-state index in [-0.39, 0.29) is 0 Å². The minimum Gasteiger partial charge on any atom is -0.394 e. The zero-order valence-corrected chi connectivity index (χ0v) is 17.9. The summed E-state index contributed by atoms with van der Waals surface area (Å²) in [6.45, 7) is -0.232. The summed E-state index contributed by atoms with van der Waals surface area (Å²) in [5.41, 5.74) is 0.